The van der Waals surface area contributed by atoms with Crippen LogP contribution in [-0.4, -0.2) is 41.2 Å². The summed E-state index contributed by atoms with van der Waals surface area (Å²) in [4.78, 5) is 4.16. The van der Waals surface area contributed by atoms with Crippen LogP contribution >= 0.6 is 0 Å². The number of anilines is 1. The number of rotatable bonds is 2. The number of aromatic nitrogens is 1. The van der Waals surface area contributed by atoms with Crippen molar-refractivity contribution in [1.82, 2.24) is 4.98 Å². The van der Waals surface area contributed by atoms with Gasteiger partial charge in [0, 0.05) is 12.6 Å². The molecule has 2 aliphatic heterocycles. The van der Waals surface area contributed by atoms with Crippen LogP contribution in [0.3, 0.4) is 0 Å². The fraction of sp³-hybridized carbons (Fsp3) is 0.545. The molecule has 5 heteroatoms. The third-order valence-corrected chi connectivity index (χ3v) is 2.97. The zero-order valence-corrected chi connectivity index (χ0v) is 8.74. The maximum Gasteiger partial charge on any atom is 0.132 e. The standard InChI is InChI=1S/C11H14N2O3/c14-7-6-15-8-5-10(16-11(7)8)13-9-3-1-2-4-12-9/h1-4,7-8,10-11,14H,5-6H2,(H,12,13)/t7-,8-,10-,11+/m1/s1. The van der Waals surface area contributed by atoms with E-state index in [0.717, 1.165) is 12.2 Å². The van der Waals surface area contributed by atoms with Crippen molar-refractivity contribution >= 4 is 5.82 Å². The number of fused-ring (bicyclic) bond motifs is 1. The van der Waals surface area contributed by atoms with Crippen LogP contribution < -0.4 is 5.32 Å². The molecular weight excluding hydrogens is 208 g/mol. The summed E-state index contributed by atoms with van der Waals surface area (Å²) in [6.07, 6.45) is 1.67. The Morgan fingerprint density at radius 3 is 3.12 bits per heavy atom. The zero-order valence-electron chi connectivity index (χ0n) is 8.74. The van der Waals surface area contributed by atoms with Crippen LogP contribution in [-0.2, 0) is 9.47 Å². The lowest BCUT2D eigenvalue weighted by Crippen LogP contribution is -2.29. The molecule has 86 valence electrons. The van der Waals surface area contributed by atoms with Crippen molar-refractivity contribution in [1.29, 1.82) is 0 Å². The number of nitrogens with one attached hydrogen (secondary N) is 1. The Bertz CT molecular complexity index is 360. The second kappa shape index (κ2) is 4.01. The smallest absolute Gasteiger partial charge is 0.132 e. The van der Waals surface area contributed by atoms with Crippen molar-refractivity contribution < 1.29 is 14.6 Å². The van der Waals surface area contributed by atoms with Gasteiger partial charge in [-0.2, -0.15) is 0 Å². The highest BCUT2D eigenvalue weighted by Gasteiger charge is 2.45. The molecule has 1 aromatic rings. The molecule has 0 saturated carbocycles. The van der Waals surface area contributed by atoms with Crippen molar-refractivity contribution in [3.05, 3.63) is 24.4 Å². The van der Waals surface area contributed by atoms with E-state index < -0.39 is 6.10 Å². The SMILES string of the molecule is O[C@@H]1CO[C@@H]2C[C@H](Nc3ccccn3)O[C@@H]12. The number of ether oxygens (including phenoxy) is 2. The molecule has 3 rings (SSSR count). The molecule has 2 N–H and O–H groups in total. The first kappa shape index (κ1) is 10.0. The van der Waals surface area contributed by atoms with E-state index in [1.54, 1.807) is 6.20 Å². The van der Waals surface area contributed by atoms with Crippen LogP contribution in [0.15, 0.2) is 24.4 Å². The minimum atomic E-state index is -0.500. The minimum absolute atomic E-state index is 0.0104. The number of aliphatic hydroxyl groups excluding tert-OH is 1. The fourth-order valence-electron chi connectivity index (χ4n) is 2.20. The van der Waals surface area contributed by atoms with Gasteiger partial charge in [-0.1, -0.05) is 6.07 Å². The molecule has 0 bridgehead atoms. The van der Waals surface area contributed by atoms with E-state index in [1.165, 1.54) is 0 Å². The minimum Gasteiger partial charge on any atom is -0.388 e. The van der Waals surface area contributed by atoms with Gasteiger partial charge in [-0.05, 0) is 12.1 Å². The van der Waals surface area contributed by atoms with Gasteiger partial charge in [-0.25, -0.2) is 4.98 Å². The van der Waals surface area contributed by atoms with E-state index in [0.29, 0.717) is 6.61 Å². The van der Waals surface area contributed by atoms with E-state index >= 15 is 0 Å². The number of hydrogen-bond acceptors (Lipinski definition) is 5. The average Bonchev–Trinajstić information content (AvgIpc) is 2.83. The number of aliphatic hydroxyl groups is 1. The van der Waals surface area contributed by atoms with Crippen molar-refractivity contribution in [2.75, 3.05) is 11.9 Å². The van der Waals surface area contributed by atoms with Crippen LogP contribution in [0.2, 0.25) is 0 Å². The normalized spacial score (nSPS) is 37.3. The molecule has 1 aromatic heterocycles. The first-order chi connectivity index (χ1) is 7.83. The summed E-state index contributed by atoms with van der Waals surface area (Å²) in [5, 5.41) is 12.8. The van der Waals surface area contributed by atoms with Crippen molar-refractivity contribution in [3.8, 4) is 0 Å². The zero-order chi connectivity index (χ0) is 11.0. The van der Waals surface area contributed by atoms with Crippen molar-refractivity contribution in [3.63, 3.8) is 0 Å². The molecule has 2 saturated heterocycles. The Kier molecular flexibility index (Phi) is 2.51. The second-order valence-corrected chi connectivity index (χ2v) is 4.12. The topological polar surface area (TPSA) is 63.6 Å². The molecule has 0 radical (unpaired) electrons. The average molecular weight is 222 g/mol. The van der Waals surface area contributed by atoms with Crippen LogP contribution in [0.25, 0.3) is 0 Å². The van der Waals surface area contributed by atoms with E-state index in [-0.39, 0.29) is 18.4 Å². The Morgan fingerprint density at radius 1 is 1.44 bits per heavy atom. The Hall–Kier alpha value is -1.17. The Labute approximate surface area is 93.4 Å². The van der Waals surface area contributed by atoms with Gasteiger partial charge in [-0.3, -0.25) is 0 Å². The lowest BCUT2D eigenvalue weighted by molar-refractivity contribution is -0.00959. The summed E-state index contributed by atoms with van der Waals surface area (Å²) in [6, 6.07) is 5.66. The third-order valence-electron chi connectivity index (χ3n) is 2.97. The molecule has 0 aliphatic carbocycles. The van der Waals surface area contributed by atoms with Gasteiger partial charge in [0.05, 0.1) is 12.7 Å². The lowest BCUT2D eigenvalue weighted by Gasteiger charge is -2.16. The molecule has 5 nitrogen and oxygen atoms in total. The van der Waals surface area contributed by atoms with Gasteiger partial charge in [0.1, 0.15) is 24.3 Å². The molecule has 0 unspecified atom stereocenters. The third kappa shape index (κ3) is 1.77. The highest BCUT2D eigenvalue weighted by atomic mass is 16.6. The molecule has 16 heavy (non-hydrogen) atoms. The van der Waals surface area contributed by atoms with E-state index in [4.69, 9.17) is 9.47 Å². The molecule has 4 atom stereocenters. The molecule has 2 aliphatic rings. The van der Waals surface area contributed by atoms with Crippen LogP contribution in [0.1, 0.15) is 6.42 Å². The summed E-state index contributed by atoms with van der Waals surface area (Å²) in [5.74, 6) is 0.780. The van der Waals surface area contributed by atoms with E-state index in [9.17, 15) is 5.11 Å². The van der Waals surface area contributed by atoms with Gasteiger partial charge < -0.3 is 19.9 Å². The highest BCUT2D eigenvalue weighted by Crippen LogP contribution is 2.30. The molecular formula is C11H14N2O3. The van der Waals surface area contributed by atoms with Gasteiger partial charge >= 0.3 is 0 Å². The van der Waals surface area contributed by atoms with Gasteiger partial charge in [0.2, 0.25) is 0 Å². The molecule has 0 amide bonds. The van der Waals surface area contributed by atoms with Crippen molar-refractivity contribution in [2.45, 2.75) is 31.0 Å². The monoisotopic (exact) mass is 222 g/mol. The number of nitrogens with zero attached hydrogens (tertiary/aromatic N) is 1. The highest BCUT2D eigenvalue weighted by molar-refractivity contribution is 5.34. The molecule has 2 fully saturated rings. The Morgan fingerprint density at radius 2 is 2.38 bits per heavy atom. The summed E-state index contributed by atoms with van der Waals surface area (Å²) in [6.45, 7) is 0.381. The summed E-state index contributed by atoms with van der Waals surface area (Å²) in [7, 11) is 0. The summed E-state index contributed by atoms with van der Waals surface area (Å²) in [5.41, 5.74) is 0. The number of hydrogen-bond donors (Lipinski definition) is 2. The van der Waals surface area contributed by atoms with Gasteiger partial charge in [0.15, 0.2) is 0 Å². The maximum atomic E-state index is 9.59. The van der Waals surface area contributed by atoms with Gasteiger partial charge in [-0.15, -0.1) is 0 Å². The quantitative estimate of drug-likeness (QED) is 0.757. The Balaban J connectivity index is 1.63. The first-order valence-electron chi connectivity index (χ1n) is 5.45. The summed E-state index contributed by atoms with van der Waals surface area (Å²) >= 11 is 0. The van der Waals surface area contributed by atoms with Crippen LogP contribution in [0.4, 0.5) is 5.82 Å². The largest absolute Gasteiger partial charge is 0.388 e. The first-order valence-corrected chi connectivity index (χ1v) is 5.45. The predicted molar refractivity (Wildman–Crippen MR) is 56.9 cm³/mol. The molecule has 3 heterocycles. The van der Waals surface area contributed by atoms with E-state index in [2.05, 4.69) is 10.3 Å². The fourth-order valence-corrected chi connectivity index (χ4v) is 2.20. The van der Waals surface area contributed by atoms with Gasteiger partial charge in [0.25, 0.3) is 0 Å². The van der Waals surface area contributed by atoms with E-state index in [1.807, 2.05) is 18.2 Å². The second-order valence-electron chi connectivity index (χ2n) is 4.12. The summed E-state index contributed by atoms with van der Waals surface area (Å²) < 4.78 is 11.1. The maximum absolute atomic E-state index is 9.59. The van der Waals surface area contributed by atoms with Crippen molar-refractivity contribution in [2.24, 2.45) is 0 Å². The lowest BCUT2D eigenvalue weighted by atomic mass is 10.1. The van der Waals surface area contributed by atoms with Crippen LogP contribution in [0, 0.1) is 0 Å². The van der Waals surface area contributed by atoms with Crippen LogP contribution in [0.5, 0.6) is 0 Å². The predicted octanol–water partition coefficient (Wildman–Crippen LogP) is 0.368. The molecule has 0 spiro atoms. The molecule has 0 aromatic carbocycles. The number of pyridine rings is 1.